The molecule has 23 heavy (non-hydrogen) atoms. The van der Waals surface area contributed by atoms with Gasteiger partial charge in [-0.2, -0.15) is 0 Å². The van der Waals surface area contributed by atoms with Gasteiger partial charge in [-0.3, -0.25) is 9.59 Å². The van der Waals surface area contributed by atoms with Crippen LogP contribution in [-0.4, -0.2) is 11.8 Å². The van der Waals surface area contributed by atoms with Crippen LogP contribution in [0.15, 0.2) is 42.5 Å². The Bertz CT molecular complexity index is 726. The van der Waals surface area contributed by atoms with Crippen LogP contribution >= 0.6 is 0 Å². The lowest BCUT2D eigenvalue weighted by Gasteiger charge is -2.09. The SMILES string of the molecule is Cc1cc(C)cc(C(=O)Nc2ccc(NC(=O)C3CC3)cc2)c1. The van der Waals surface area contributed by atoms with Gasteiger partial charge in [0.1, 0.15) is 0 Å². The van der Waals surface area contributed by atoms with Crippen LogP contribution in [0.25, 0.3) is 0 Å². The number of carbonyl (C=O) groups excluding carboxylic acids is 2. The highest BCUT2D eigenvalue weighted by Gasteiger charge is 2.29. The van der Waals surface area contributed by atoms with Gasteiger partial charge in [0, 0.05) is 22.9 Å². The van der Waals surface area contributed by atoms with Crippen LogP contribution in [0, 0.1) is 19.8 Å². The van der Waals surface area contributed by atoms with E-state index in [4.69, 9.17) is 0 Å². The molecule has 4 nitrogen and oxygen atoms in total. The average Bonchev–Trinajstić information content (AvgIpc) is 3.33. The molecule has 2 amide bonds. The fraction of sp³-hybridized carbons (Fsp3) is 0.263. The van der Waals surface area contributed by atoms with Gasteiger partial charge in [-0.05, 0) is 63.1 Å². The molecule has 2 aromatic rings. The summed E-state index contributed by atoms with van der Waals surface area (Å²) >= 11 is 0. The van der Waals surface area contributed by atoms with E-state index in [1.54, 1.807) is 24.3 Å². The molecule has 0 radical (unpaired) electrons. The number of hydrogen-bond acceptors (Lipinski definition) is 2. The summed E-state index contributed by atoms with van der Waals surface area (Å²) < 4.78 is 0. The highest BCUT2D eigenvalue weighted by atomic mass is 16.2. The molecule has 0 unspecified atom stereocenters. The largest absolute Gasteiger partial charge is 0.326 e. The van der Waals surface area contributed by atoms with Crippen LogP contribution in [0.5, 0.6) is 0 Å². The van der Waals surface area contributed by atoms with E-state index in [-0.39, 0.29) is 17.7 Å². The van der Waals surface area contributed by atoms with Crippen molar-refractivity contribution in [2.24, 2.45) is 5.92 Å². The second-order valence-corrected chi connectivity index (χ2v) is 6.17. The van der Waals surface area contributed by atoms with Crippen LogP contribution in [0.2, 0.25) is 0 Å². The number of rotatable bonds is 4. The Hall–Kier alpha value is -2.62. The summed E-state index contributed by atoms with van der Waals surface area (Å²) in [6.07, 6.45) is 1.96. The molecule has 2 aromatic carbocycles. The molecule has 1 aliphatic carbocycles. The molecular weight excluding hydrogens is 288 g/mol. The predicted octanol–water partition coefficient (Wildman–Crippen LogP) is 3.90. The number of nitrogens with one attached hydrogen (secondary N) is 2. The monoisotopic (exact) mass is 308 g/mol. The zero-order chi connectivity index (χ0) is 16.4. The molecule has 1 aliphatic rings. The molecule has 0 atom stereocenters. The van der Waals surface area contributed by atoms with Gasteiger partial charge < -0.3 is 10.6 Å². The Morgan fingerprint density at radius 1 is 0.870 bits per heavy atom. The van der Waals surface area contributed by atoms with Gasteiger partial charge in [0.25, 0.3) is 5.91 Å². The Morgan fingerprint density at radius 3 is 1.91 bits per heavy atom. The molecule has 0 heterocycles. The molecule has 0 aromatic heterocycles. The van der Waals surface area contributed by atoms with Crippen molar-refractivity contribution in [3.8, 4) is 0 Å². The third-order valence-electron chi connectivity index (χ3n) is 3.84. The van der Waals surface area contributed by atoms with E-state index >= 15 is 0 Å². The van der Waals surface area contributed by atoms with Crippen molar-refractivity contribution < 1.29 is 9.59 Å². The van der Waals surface area contributed by atoms with Gasteiger partial charge >= 0.3 is 0 Å². The van der Waals surface area contributed by atoms with Gasteiger partial charge in [-0.25, -0.2) is 0 Å². The quantitative estimate of drug-likeness (QED) is 0.900. The van der Waals surface area contributed by atoms with Crippen molar-refractivity contribution in [1.29, 1.82) is 0 Å². The first-order valence-electron chi connectivity index (χ1n) is 7.82. The van der Waals surface area contributed by atoms with E-state index in [2.05, 4.69) is 10.6 Å². The van der Waals surface area contributed by atoms with Crippen molar-refractivity contribution in [2.75, 3.05) is 10.6 Å². The molecule has 0 spiro atoms. The molecule has 1 fully saturated rings. The molecule has 3 rings (SSSR count). The second-order valence-electron chi connectivity index (χ2n) is 6.17. The van der Waals surface area contributed by atoms with Gasteiger partial charge in [0.15, 0.2) is 0 Å². The van der Waals surface area contributed by atoms with E-state index in [0.29, 0.717) is 11.3 Å². The number of hydrogen-bond donors (Lipinski definition) is 2. The molecular formula is C19H20N2O2. The summed E-state index contributed by atoms with van der Waals surface area (Å²) in [6.45, 7) is 3.95. The number of benzene rings is 2. The minimum Gasteiger partial charge on any atom is -0.326 e. The maximum absolute atomic E-state index is 12.3. The third kappa shape index (κ3) is 3.97. The van der Waals surface area contributed by atoms with Crippen molar-refractivity contribution in [1.82, 2.24) is 0 Å². The first kappa shape index (κ1) is 15.3. The summed E-state index contributed by atoms with van der Waals surface area (Å²) in [4.78, 5) is 24.0. The lowest BCUT2D eigenvalue weighted by atomic mass is 10.1. The lowest BCUT2D eigenvalue weighted by Crippen LogP contribution is -2.14. The minimum absolute atomic E-state index is 0.0806. The number of amides is 2. The molecule has 0 saturated heterocycles. The zero-order valence-corrected chi connectivity index (χ0v) is 13.3. The number of aryl methyl sites for hydroxylation is 2. The summed E-state index contributed by atoms with van der Waals surface area (Å²) in [5, 5.41) is 5.76. The van der Waals surface area contributed by atoms with Crippen molar-refractivity contribution in [3.05, 3.63) is 59.2 Å². The second kappa shape index (κ2) is 6.24. The van der Waals surface area contributed by atoms with E-state index in [0.717, 1.165) is 29.7 Å². The average molecular weight is 308 g/mol. The Balaban J connectivity index is 1.65. The van der Waals surface area contributed by atoms with Crippen molar-refractivity contribution >= 4 is 23.2 Å². The summed E-state index contributed by atoms with van der Waals surface area (Å²) in [6, 6.07) is 13.0. The molecule has 1 saturated carbocycles. The molecule has 0 bridgehead atoms. The van der Waals surface area contributed by atoms with Crippen LogP contribution in [-0.2, 0) is 4.79 Å². The van der Waals surface area contributed by atoms with E-state index in [9.17, 15) is 9.59 Å². The van der Waals surface area contributed by atoms with Crippen molar-refractivity contribution in [2.45, 2.75) is 26.7 Å². The van der Waals surface area contributed by atoms with Crippen LogP contribution in [0.4, 0.5) is 11.4 Å². The van der Waals surface area contributed by atoms with Crippen LogP contribution in [0.3, 0.4) is 0 Å². The minimum atomic E-state index is -0.133. The van der Waals surface area contributed by atoms with Gasteiger partial charge in [0.2, 0.25) is 5.91 Å². The zero-order valence-electron chi connectivity index (χ0n) is 13.3. The number of carbonyl (C=O) groups is 2. The summed E-state index contributed by atoms with van der Waals surface area (Å²) in [5.41, 5.74) is 4.24. The maximum Gasteiger partial charge on any atom is 0.255 e. The highest BCUT2D eigenvalue weighted by Crippen LogP contribution is 2.30. The Kier molecular flexibility index (Phi) is 4.15. The van der Waals surface area contributed by atoms with Crippen LogP contribution < -0.4 is 10.6 Å². The van der Waals surface area contributed by atoms with E-state index < -0.39 is 0 Å². The first-order valence-corrected chi connectivity index (χ1v) is 7.82. The smallest absolute Gasteiger partial charge is 0.255 e. The first-order chi connectivity index (χ1) is 11.0. The third-order valence-corrected chi connectivity index (χ3v) is 3.84. The standard InChI is InChI=1S/C19H20N2O2/c1-12-9-13(2)11-15(10-12)19(23)21-17-7-5-16(6-8-17)20-18(22)14-3-4-14/h5-11,14H,3-4H2,1-2H3,(H,20,22)(H,21,23). The van der Waals surface area contributed by atoms with Gasteiger partial charge in [-0.1, -0.05) is 17.2 Å². The molecule has 4 heteroatoms. The molecule has 2 N–H and O–H groups in total. The maximum atomic E-state index is 12.3. The predicted molar refractivity (Wildman–Crippen MR) is 91.7 cm³/mol. The summed E-state index contributed by atoms with van der Waals surface area (Å²) in [5.74, 6) is 0.127. The van der Waals surface area contributed by atoms with E-state index in [1.165, 1.54) is 0 Å². The molecule has 118 valence electrons. The normalized spacial score (nSPS) is 13.5. The van der Waals surface area contributed by atoms with E-state index in [1.807, 2.05) is 32.0 Å². The van der Waals surface area contributed by atoms with Gasteiger partial charge in [-0.15, -0.1) is 0 Å². The van der Waals surface area contributed by atoms with Crippen molar-refractivity contribution in [3.63, 3.8) is 0 Å². The fourth-order valence-electron chi connectivity index (χ4n) is 2.54. The topological polar surface area (TPSA) is 58.2 Å². The Morgan fingerprint density at radius 2 is 1.39 bits per heavy atom. The number of anilines is 2. The lowest BCUT2D eigenvalue weighted by molar-refractivity contribution is -0.117. The highest BCUT2D eigenvalue weighted by molar-refractivity contribution is 6.04. The molecule has 0 aliphatic heterocycles. The fourth-order valence-corrected chi connectivity index (χ4v) is 2.54. The summed E-state index contributed by atoms with van der Waals surface area (Å²) in [7, 11) is 0. The van der Waals surface area contributed by atoms with Gasteiger partial charge in [0.05, 0.1) is 0 Å². The Labute approximate surface area is 135 Å². The van der Waals surface area contributed by atoms with Crippen LogP contribution in [0.1, 0.15) is 34.3 Å².